The van der Waals surface area contributed by atoms with Crippen LogP contribution in [0.2, 0.25) is 0 Å². The van der Waals surface area contributed by atoms with Gasteiger partial charge in [-0.25, -0.2) is 0 Å². The second-order valence-corrected chi connectivity index (χ2v) is 2.94. The SMILES string of the molecule is CC.CC(=O)OCc1ccccc1OC(F)(F)F. The van der Waals surface area contributed by atoms with Crippen LogP contribution in [-0.4, -0.2) is 12.3 Å². The summed E-state index contributed by atoms with van der Waals surface area (Å²) in [6.45, 7) is 4.93. The highest BCUT2D eigenvalue weighted by Gasteiger charge is 2.32. The maximum absolute atomic E-state index is 12.0. The lowest BCUT2D eigenvalue weighted by atomic mass is 10.2. The first-order valence-electron chi connectivity index (χ1n) is 5.35. The molecular weight excluding hydrogens is 249 g/mol. The van der Waals surface area contributed by atoms with Crippen LogP contribution in [0.25, 0.3) is 0 Å². The van der Waals surface area contributed by atoms with Crippen molar-refractivity contribution < 1.29 is 27.4 Å². The molecule has 0 radical (unpaired) electrons. The van der Waals surface area contributed by atoms with Crippen molar-refractivity contribution in [2.45, 2.75) is 33.7 Å². The average molecular weight is 264 g/mol. The first kappa shape index (κ1) is 16.3. The Kier molecular flexibility index (Phi) is 6.85. The van der Waals surface area contributed by atoms with E-state index in [9.17, 15) is 18.0 Å². The van der Waals surface area contributed by atoms with Crippen LogP contribution in [0, 0.1) is 0 Å². The number of rotatable bonds is 3. The summed E-state index contributed by atoms with van der Waals surface area (Å²) >= 11 is 0. The van der Waals surface area contributed by atoms with E-state index >= 15 is 0 Å². The molecule has 0 bridgehead atoms. The maximum Gasteiger partial charge on any atom is 0.573 e. The number of esters is 1. The van der Waals surface area contributed by atoms with E-state index in [1.807, 2.05) is 13.8 Å². The third kappa shape index (κ3) is 6.78. The molecule has 0 aliphatic heterocycles. The molecule has 0 aliphatic rings. The molecule has 3 nitrogen and oxygen atoms in total. The fourth-order valence-corrected chi connectivity index (χ4v) is 1.03. The van der Waals surface area contributed by atoms with Crippen LogP contribution in [0.3, 0.4) is 0 Å². The summed E-state index contributed by atoms with van der Waals surface area (Å²) in [5.41, 5.74) is 0.162. The molecule has 1 rings (SSSR count). The third-order valence-corrected chi connectivity index (χ3v) is 1.63. The van der Waals surface area contributed by atoms with Crippen molar-refractivity contribution in [1.82, 2.24) is 0 Å². The van der Waals surface area contributed by atoms with Crippen molar-refractivity contribution in [3.63, 3.8) is 0 Å². The average Bonchev–Trinajstić information content (AvgIpc) is 2.28. The lowest BCUT2D eigenvalue weighted by Crippen LogP contribution is -2.18. The zero-order valence-electron chi connectivity index (χ0n) is 10.4. The predicted octanol–water partition coefficient (Wildman–Crippen LogP) is 3.67. The molecule has 0 heterocycles. The topological polar surface area (TPSA) is 35.5 Å². The minimum atomic E-state index is -4.76. The van der Waals surface area contributed by atoms with E-state index in [0.29, 0.717) is 0 Å². The Morgan fingerprint density at radius 1 is 1.22 bits per heavy atom. The second-order valence-electron chi connectivity index (χ2n) is 2.94. The van der Waals surface area contributed by atoms with Gasteiger partial charge >= 0.3 is 12.3 Å². The van der Waals surface area contributed by atoms with Crippen LogP contribution in [0.5, 0.6) is 5.75 Å². The Morgan fingerprint density at radius 2 is 1.78 bits per heavy atom. The molecule has 18 heavy (non-hydrogen) atoms. The highest BCUT2D eigenvalue weighted by atomic mass is 19.4. The summed E-state index contributed by atoms with van der Waals surface area (Å²) in [5.74, 6) is -0.932. The Morgan fingerprint density at radius 3 is 2.28 bits per heavy atom. The van der Waals surface area contributed by atoms with Gasteiger partial charge in [0.25, 0.3) is 0 Å². The number of ether oxygens (including phenoxy) is 2. The minimum absolute atomic E-state index is 0.162. The number of alkyl halides is 3. The monoisotopic (exact) mass is 264 g/mol. The summed E-state index contributed by atoms with van der Waals surface area (Å²) in [6, 6.07) is 5.48. The molecule has 0 N–H and O–H groups in total. The number of hydrogen-bond acceptors (Lipinski definition) is 3. The van der Waals surface area contributed by atoms with Gasteiger partial charge in [-0.05, 0) is 6.07 Å². The van der Waals surface area contributed by atoms with E-state index in [1.165, 1.54) is 25.1 Å². The van der Waals surface area contributed by atoms with Crippen molar-refractivity contribution in [2.75, 3.05) is 0 Å². The predicted molar refractivity (Wildman–Crippen MR) is 59.9 cm³/mol. The number of benzene rings is 1. The van der Waals surface area contributed by atoms with Crippen LogP contribution >= 0.6 is 0 Å². The van der Waals surface area contributed by atoms with Gasteiger partial charge in [-0.15, -0.1) is 13.2 Å². The summed E-state index contributed by atoms with van der Waals surface area (Å²) < 4.78 is 44.3. The Balaban J connectivity index is 0.00000137. The van der Waals surface area contributed by atoms with Gasteiger partial charge in [-0.1, -0.05) is 32.0 Å². The zero-order chi connectivity index (χ0) is 14.2. The molecule has 0 saturated heterocycles. The molecule has 0 saturated carbocycles. The van der Waals surface area contributed by atoms with Crippen LogP contribution < -0.4 is 4.74 Å². The van der Waals surface area contributed by atoms with Crippen molar-refractivity contribution >= 4 is 5.97 Å². The van der Waals surface area contributed by atoms with Crippen molar-refractivity contribution in [3.05, 3.63) is 29.8 Å². The standard InChI is InChI=1S/C10H9F3O3.C2H6/c1-7(14)15-6-8-4-2-3-5-9(8)16-10(11,12)13;1-2/h2-5H,6H2,1H3;1-2H3. The summed E-state index contributed by atoms with van der Waals surface area (Å²) in [7, 11) is 0. The van der Waals surface area contributed by atoms with Gasteiger partial charge in [0.1, 0.15) is 12.4 Å². The second kappa shape index (κ2) is 7.58. The van der Waals surface area contributed by atoms with Crippen molar-refractivity contribution in [1.29, 1.82) is 0 Å². The lowest BCUT2D eigenvalue weighted by molar-refractivity contribution is -0.275. The molecule has 0 atom stereocenters. The normalized spacial score (nSPS) is 10.1. The minimum Gasteiger partial charge on any atom is -0.461 e. The van der Waals surface area contributed by atoms with Gasteiger partial charge in [0, 0.05) is 12.5 Å². The van der Waals surface area contributed by atoms with Crippen LogP contribution in [0.15, 0.2) is 24.3 Å². The number of para-hydroxylation sites is 1. The van der Waals surface area contributed by atoms with E-state index in [2.05, 4.69) is 9.47 Å². The van der Waals surface area contributed by atoms with E-state index in [1.54, 1.807) is 0 Å². The largest absolute Gasteiger partial charge is 0.573 e. The van der Waals surface area contributed by atoms with Gasteiger partial charge < -0.3 is 9.47 Å². The Labute approximate surface area is 104 Å². The van der Waals surface area contributed by atoms with Gasteiger partial charge in [0.2, 0.25) is 0 Å². The third-order valence-electron chi connectivity index (χ3n) is 1.63. The molecule has 0 amide bonds. The lowest BCUT2D eigenvalue weighted by Gasteiger charge is -2.12. The molecule has 6 heteroatoms. The van der Waals surface area contributed by atoms with Crippen molar-refractivity contribution in [3.8, 4) is 5.75 Å². The highest BCUT2D eigenvalue weighted by Crippen LogP contribution is 2.26. The number of hydrogen-bond donors (Lipinski definition) is 0. The first-order chi connectivity index (χ1) is 8.38. The fraction of sp³-hybridized carbons (Fsp3) is 0.417. The molecule has 0 unspecified atom stereocenters. The summed E-state index contributed by atoms with van der Waals surface area (Å²) in [4.78, 5) is 10.5. The first-order valence-corrected chi connectivity index (χ1v) is 5.35. The molecule has 0 fully saturated rings. The van der Waals surface area contributed by atoms with Gasteiger partial charge in [-0.3, -0.25) is 4.79 Å². The van der Waals surface area contributed by atoms with Crippen LogP contribution in [0.1, 0.15) is 26.3 Å². The molecule has 0 spiro atoms. The molecule has 1 aromatic rings. The molecule has 102 valence electrons. The molecule has 0 aromatic heterocycles. The summed E-state index contributed by atoms with van der Waals surface area (Å²) in [6.07, 6.45) is -4.76. The maximum atomic E-state index is 12.0. The number of carbonyl (C=O) groups excluding carboxylic acids is 1. The van der Waals surface area contributed by atoms with Crippen molar-refractivity contribution in [2.24, 2.45) is 0 Å². The Bertz CT molecular complexity index is 375. The zero-order valence-corrected chi connectivity index (χ0v) is 10.4. The van der Waals surface area contributed by atoms with Crippen LogP contribution in [0.4, 0.5) is 13.2 Å². The molecular formula is C12H15F3O3. The highest BCUT2D eigenvalue weighted by molar-refractivity contribution is 5.66. The van der Waals surface area contributed by atoms with Gasteiger partial charge in [0.15, 0.2) is 0 Å². The quantitative estimate of drug-likeness (QED) is 0.781. The number of halogens is 3. The Hall–Kier alpha value is -1.72. The smallest absolute Gasteiger partial charge is 0.461 e. The van der Waals surface area contributed by atoms with E-state index in [-0.39, 0.29) is 17.9 Å². The van der Waals surface area contributed by atoms with Crippen LogP contribution in [-0.2, 0) is 16.1 Å². The van der Waals surface area contributed by atoms with E-state index in [0.717, 1.165) is 6.07 Å². The van der Waals surface area contributed by atoms with Gasteiger partial charge in [-0.2, -0.15) is 0 Å². The van der Waals surface area contributed by atoms with E-state index < -0.39 is 12.3 Å². The molecule has 1 aromatic carbocycles. The van der Waals surface area contributed by atoms with Gasteiger partial charge in [0.05, 0.1) is 0 Å². The number of carbonyl (C=O) groups is 1. The fourth-order valence-electron chi connectivity index (χ4n) is 1.03. The molecule has 0 aliphatic carbocycles. The summed E-state index contributed by atoms with van der Waals surface area (Å²) in [5, 5.41) is 0. The van der Waals surface area contributed by atoms with E-state index in [4.69, 9.17) is 0 Å².